The van der Waals surface area contributed by atoms with Crippen molar-refractivity contribution in [2.45, 2.75) is 45.6 Å². The van der Waals surface area contributed by atoms with Crippen molar-refractivity contribution in [3.8, 4) is 0 Å². The van der Waals surface area contributed by atoms with Crippen molar-refractivity contribution < 1.29 is 19.1 Å². The molecule has 1 aromatic carbocycles. The largest absolute Gasteiger partial charge is 0.467 e. The molecule has 0 unspecified atom stereocenters. The Hall–Kier alpha value is -2.37. The quantitative estimate of drug-likeness (QED) is 0.798. The van der Waals surface area contributed by atoms with Crippen LogP contribution in [-0.2, 0) is 19.1 Å². The number of hydrogen-bond acceptors (Lipinski definition) is 4. The maximum absolute atomic E-state index is 12.4. The van der Waals surface area contributed by atoms with Crippen LogP contribution in [0, 0.1) is 19.8 Å². The first-order valence-electron chi connectivity index (χ1n) is 8.64. The van der Waals surface area contributed by atoms with Crippen LogP contribution in [-0.4, -0.2) is 31.4 Å². The van der Waals surface area contributed by atoms with Crippen molar-refractivity contribution in [1.82, 2.24) is 10.6 Å². The second kappa shape index (κ2) is 8.65. The van der Waals surface area contributed by atoms with Crippen molar-refractivity contribution in [1.29, 1.82) is 0 Å². The zero-order chi connectivity index (χ0) is 18.4. The number of carbonyl (C=O) groups is 3. The molecule has 136 valence electrons. The van der Waals surface area contributed by atoms with Crippen LogP contribution in [0.4, 0.5) is 0 Å². The molecule has 2 atom stereocenters. The topological polar surface area (TPSA) is 84.5 Å². The average Bonchev–Trinajstić information content (AvgIpc) is 2.79. The van der Waals surface area contributed by atoms with Crippen molar-refractivity contribution >= 4 is 17.8 Å². The van der Waals surface area contributed by atoms with Gasteiger partial charge in [-0.2, -0.15) is 0 Å². The fourth-order valence-corrected chi connectivity index (χ4v) is 2.98. The van der Waals surface area contributed by atoms with E-state index in [0.29, 0.717) is 18.5 Å². The second-order valence-electron chi connectivity index (χ2n) is 6.56. The summed E-state index contributed by atoms with van der Waals surface area (Å²) in [5.41, 5.74) is 2.81. The molecule has 2 amide bonds. The lowest BCUT2D eigenvalue weighted by Gasteiger charge is -2.19. The Morgan fingerprint density at radius 1 is 1.28 bits per heavy atom. The minimum absolute atomic E-state index is 0.0736. The number of methoxy groups -OCH3 is 1. The fraction of sp³-hybridized carbons (Fsp3) is 0.526. The van der Waals surface area contributed by atoms with E-state index in [0.717, 1.165) is 24.0 Å². The molecule has 1 saturated heterocycles. The third kappa shape index (κ3) is 5.05. The van der Waals surface area contributed by atoms with E-state index < -0.39 is 12.0 Å². The fourth-order valence-electron chi connectivity index (χ4n) is 2.98. The third-order valence-electron chi connectivity index (χ3n) is 4.69. The summed E-state index contributed by atoms with van der Waals surface area (Å²) in [6.45, 7) is 4.59. The lowest BCUT2D eigenvalue weighted by Crippen LogP contribution is -2.38. The highest BCUT2D eigenvalue weighted by molar-refractivity contribution is 5.89. The second-order valence-corrected chi connectivity index (χ2v) is 6.56. The van der Waals surface area contributed by atoms with E-state index in [-0.39, 0.29) is 24.2 Å². The van der Waals surface area contributed by atoms with Gasteiger partial charge in [-0.1, -0.05) is 24.6 Å². The van der Waals surface area contributed by atoms with E-state index in [9.17, 15) is 14.4 Å². The number of rotatable bonds is 5. The summed E-state index contributed by atoms with van der Waals surface area (Å²) in [6, 6.07) is 4.72. The molecule has 0 aromatic heterocycles. The first-order chi connectivity index (χ1) is 11.9. The number of nitrogens with one attached hydrogen (secondary N) is 2. The van der Waals surface area contributed by atoms with Gasteiger partial charge in [0.1, 0.15) is 0 Å². The third-order valence-corrected chi connectivity index (χ3v) is 4.69. The molecule has 1 fully saturated rings. The predicted octanol–water partition coefficient (Wildman–Crippen LogP) is 1.94. The number of esters is 1. The Bertz CT molecular complexity index is 657. The molecule has 0 spiro atoms. The van der Waals surface area contributed by atoms with Gasteiger partial charge in [-0.25, -0.2) is 4.79 Å². The van der Waals surface area contributed by atoms with Crippen molar-refractivity contribution in [3.63, 3.8) is 0 Å². The van der Waals surface area contributed by atoms with Gasteiger partial charge in [0.25, 0.3) is 0 Å². The lowest BCUT2D eigenvalue weighted by molar-refractivity contribution is -0.145. The average molecular weight is 346 g/mol. The Morgan fingerprint density at radius 3 is 2.72 bits per heavy atom. The van der Waals surface area contributed by atoms with Gasteiger partial charge in [0, 0.05) is 18.9 Å². The SMILES string of the molecule is COC(=O)[C@@H](NC(=O)C[C@@H]1CCCCNC1=O)c1ccc(C)c(C)c1. The number of benzene rings is 1. The molecule has 0 radical (unpaired) electrons. The highest BCUT2D eigenvalue weighted by atomic mass is 16.5. The van der Waals surface area contributed by atoms with Crippen molar-refractivity contribution in [3.05, 3.63) is 34.9 Å². The van der Waals surface area contributed by atoms with Gasteiger partial charge in [-0.3, -0.25) is 9.59 Å². The van der Waals surface area contributed by atoms with Crippen molar-refractivity contribution in [2.24, 2.45) is 5.92 Å². The summed E-state index contributed by atoms with van der Waals surface area (Å²) >= 11 is 0. The van der Waals surface area contributed by atoms with E-state index in [1.165, 1.54) is 7.11 Å². The van der Waals surface area contributed by atoms with Crippen LogP contribution in [0.15, 0.2) is 18.2 Å². The Morgan fingerprint density at radius 2 is 2.04 bits per heavy atom. The molecule has 6 nitrogen and oxygen atoms in total. The molecule has 2 N–H and O–H groups in total. The molecule has 25 heavy (non-hydrogen) atoms. The number of ether oxygens (including phenoxy) is 1. The maximum atomic E-state index is 12.4. The summed E-state index contributed by atoms with van der Waals surface area (Å²) < 4.78 is 4.84. The van der Waals surface area contributed by atoms with Crippen LogP contribution in [0.25, 0.3) is 0 Å². The molecule has 1 aromatic rings. The highest BCUT2D eigenvalue weighted by Crippen LogP contribution is 2.20. The van der Waals surface area contributed by atoms with Gasteiger partial charge in [0.15, 0.2) is 6.04 Å². The maximum Gasteiger partial charge on any atom is 0.333 e. The molecule has 6 heteroatoms. The zero-order valence-corrected chi connectivity index (χ0v) is 15.1. The molecule has 1 heterocycles. The number of hydrogen-bond donors (Lipinski definition) is 2. The van der Waals surface area contributed by atoms with Crippen LogP contribution in [0.5, 0.6) is 0 Å². The summed E-state index contributed by atoms with van der Waals surface area (Å²) in [7, 11) is 1.29. The summed E-state index contributed by atoms with van der Waals surface area (Å²) in [5, 5.41) is 5.55. The van der Waals surface area contributed by atoms with Crippen molar-refractivity contribution in [2.75, 3.05) is 13.7 Å². The monoisotopic (exact) mass is 346 g/mol. The first kappa shape index (κ1) is 19.0. The normalized spacial score (nSPS) is 18.7. The van der Waals surface area contributed by atoms with Gasteiger partial charge >= 0.3 is 5.97 Å². The van der Waals surface area contributed by atoms with Crippen LogP contribution >= 0.6 is 0 Å². The van der Waals surface area contributed by atoms with Gasteiger partial charge in [-0.15, -0.1) is 0 Å². The number of amides is 2. The molecule has 1 aliphatic heterocycles. The Balaban J connectivity index is 2.10. The number of carbonyl (C=O) groups excluding carboxylic acids is 3. The molecular weight excluding hydrogens is 320 g/mol. The van der Waals surface area contributed by atoms with Gasteiger partial charge in [0.05, 0.1) is 7.11 Å². The van der Waals surface area contributed by atoms with E-state index in [1.807, 2.05) is 32.0 Å². The summed E-state index contributed by atoms with van der Waals surface area (Å²) in [4.78, 5) is 36.6. The zero-order valence-electron chi connectivity index (χ0n) is 15.1. The molecule has 0 aliphatic carbocycles. The smallest absolute Gasteiger partial charge is 0.333 e. The van der Waals surface area contributed by atoms with E-state index in [1.54, 1.807) is 0 Å². The van der Waals surface area contributed by atoms with Crippen LogP contribution < -0.4 is 10.6 Å². The highest BCUT2D eigenvalue weighted by Gasteiger charge is 2.28. The van der Waals surface area contributed by atoms with Crippen LogP contribution in [0.3, 0.4) is 0 Å². The minimum Gasteiger partial charge on any atom is -0.467 e. The van der Waals surface area contributed by atoms with Crippen LogP contribution in [0.1, 0.15) is 48.4 Å². The van der Waals surface area contributed by atoms with Gasteiger partial charge in [-0.05, 0) is 43.4 Å². The molecular formula is C19H26N2O4. The van der Waals surface area contributed by atoms with Gasteiger partial charge in [0.2, 0.25) is 11.8 Å². The molecule has 0 saturated carbocycles. The number of aryl methyl sites for hydroxylation is 2. The van der Waals surface area contributed by atoms with E-state index >= 15 is 0 Å². The molecule has 1 aliphatic rings. The van der Waals surface area contributed by atoms with Crippen LogP contribution in [0.2, 0.25) is 0 Å². The predicted molar refractivity (Wildman–Crippen MR) is 93.8 cm³/mol. The Labute approximate surface area is 148 Å². The van der Waals surface area contributed by atoms with E-state index in [4.69, 9.17) is 4.74 Å². The first-order valence-corrected chi connectivity index (χ1v) is 8.64. The molecule has 0 bridgehead atoms. The lowest BCUT2D eigenvalue weighted by atomic mass is 9.97. The standard InChI is InChI=1S/C19H26N2O4/c1-12-7-8-14(10-13(12)2)17(19(24)25-3)21-16(22)11-15-6-4-5-9-20-18(15)23/h7-8,10,15,17H,4-6,9,11H2,1-3H3,(H,20,23)(H,21,22)/t15-,17-/m0/s1. The summed E-state index contributed by atoms with van der Waals surface area (Å²) in [5.74, 6) is -1.29. The van der Waals surface area contributed by atoms with E-state index in [2.05, 4.69) is 10.6 Å². The Kier molecular flexibility index (Phi) is 6.56. The summed E-state index contributed by atoms with van der Waals surface area (Å²) in [6.07, 6.45) is 2.60. The van der Waals surface area contributed by atoms with Gasteiger partial charge < -0.3 is 15.4 Å². The molecule has 2 rings (SSSR count). The minimum atomic E-state index is -0.870.